The quantitative estimate of drug-likeness (QED) is 0.417. The Kier molecular flexibility index (Phi) is 2.84. The number of carbonyl (C=O) groups excluding carboxylic acids is 1. The molecule has 0 aliphatic carbocycles. The average molecular weight is 131 g/mol. The van der Waals surface area contributed by atoms with E-state index in [2.05, 4.69) is 0 Å². The second-order valence-corrected chi connectivity index (χ2v) is 1.78. The molecule has 0 N–H and O–H groups in total. The van der Waals surface area contributed by atoms with Crippen molar-refractivity contribution in [3.8, 4) is 0 Å². The molecule has 0 aromatic carbocycles. The van der Waals surface area contributed by atoms with Gasteiger partial charge in [-0.25, -0.2) is 0 Å². The molecule has 0 aliphatic heterocycles. The van der Waals surface area contributed by atoms with Gasteiger partial charge in [-0.05, 0) is 0 Å². The first-order valence-corrected chi connectivity index (χ1v) is 2.75. The molecule has 0 aromatic heterocycles. The Balaban J connectivity index is 3.88. The van der Waals surface area contributed by atoms with Crippen LogP contribution in [0.25, 0.3) is 0 Å². The van der Waals surface area contributed by atoms with Crippen molar-refractivity contribution in [2.24, 2.45) is 0 Å². The van der Waals surface area contributed by atoms with Crippen molar-refractivity contribution in [3.05, 3.63) is 10.1 Å². The lowest BCUT2D eigenvalue weighted by Crippen LogP contribution is -2.24. The summed E-state index contributed by atoms with van der Waals surface area (Å²) in [4.78, 5) is 19.8. The zero-order chi connectivity index (χ0) is 7.44. The first-order chi connectivity index (χ1) is 4.09. The largest absolute Gasteiger partial charge is 0.292 e. The van der Waals surface area contributed by atoms with Crippen molar-refractivity contribution in [1.82, 2.24) is 0 Å². The normalized spacial score (nSPS) is 12.7. The standard InChI is InChI=1S/C5H9NO3/c1-3-5(7)4(2)6(8)9/h4H,3H2,1-2H3/t4-/m1/s1. The highest BCUT2D eigenvalue weighted by Gasteiger charge is 2.20. The van der Waals surface area contributed by atoms with E-state index in [9.17, 15) is 14.9 Å². The molecule has 0 unspecified atom stereocenters. The minimum atomic E-state index is -1.03. The predicted octanol–water partition coefficient (Wildman–Crippen LogP) is 0.631. The van der Waals surface area contributed by atoms with E-state index in [0.717, 1.165) is 0 Å². The molecule has 4 nitrogen and oxygen atoms in total. The molecule has 0 radical (unpaired) electrons. The van der Waals surface area contributed by atoms with Gasteiger partial charge in [0.2, 0.25) is 5.78 Å². The predicted molar refractivity (Wildman–Crippen MR) is 31.8 cm³/mol. The van der Waals surface area contributed by atoms with Crippen LogP contribution in [0.5, 0.6) is 0 Å². The lowest BCUT2D eigenvalue weighted by Gasteiger charge is -1.97. The van der Waals surface area contributed by atoms with Gasteiger partial charge in [0.25, 0.3) is 6.04 Å². The van der Waals surface area contributed by atoms with Gasteiger partial charge >= 0.3 is 0 Å². The third kappa shape index (κ3) is 2.21. The molecule has 9 heavy (non-hydrogen) atoms. The van der Waals surface area contributed by atoms with Gasteiger partial charge in [-0.1, -0.05) is 6.92 Å². The van der Waals surface area contributed by atoms with Crippen molar-refractivity contribution < 1.29 is 9.72 Å². The SMILES string of the molecule is CCC(=O)[C@@H](C)[N+](=O)[O-]. The molecule has 0 saturated heterocycles. The number of hydrogen-bond donors (Lipinski definition) is 0. The van der Waals surface area contributed by atoms with Gasteiger partial charge in [-0.2, -0.15) is 0 Å². The van der Waals surface area contributed by atoms with Crippen LogP contribution in [0.2, 0.25) is 0 Å². The Morgan fingerprint density at radius 1 is 1.78 bits per heavy atom. The molecule has 4 heteroatoms. The molecule has 52 valence electrons. The van der Waals surface area contributed by atoms with E-state index < -0.39 is 11.0 Å². The molecule has 0 rings (SSSR count). The molecule has 1 atom stereocenters. The monoisotopic (exact) mass is 131 g/mol. The number of Topliss-reactive ketones (excluding diaryl/α,β-unsaturated/α-hetero) is 1. The zero-order valence-electron chi connectivity index (χ0n) is 5.46. The van der Waals surface area contributed by atoms with Crippen LogP contribution in [0.15, 0.2) is 0 Å². The summed E-state index contributed by atoms with van der Waals surface area (Å²) in [6.45, 7) is 2.91. The van der Waals surface area contributed by atoms with Gasteiger partial charge < -0.3 is 0 Å². The van der Waals surface area contributed by atoms with Crippen LogP contribution in [0.3, 0.4) is 0 Å². The second kappa shape index (κ2) is 3.17. The van der Waals surface area contributed by atoms with Gasteiger partial charge in [0.1, 0.15) is 0 Å². The van der Waals surface area contributed by atoms with E-state index in [1.807, 2.05) is 0 Å². The van der Waals surface area contributed by atoms with Crippen LogP contribution in [-0.2, 0) is 4.79 Å². The maximum atomic E-state index is 10.5. The highest BCUT2D eigenvalue weighted by molar-refractivity contribution is 5.81. The average Bonchev–Trinajstić information content (AvgIpc) is 1.84. The lowest BCUT2D eigenvalue weighted by molar-refractivity contribution is -0.503. The van der Waals surface area contributed by atoms with Gasteiger partial charge in [0, 0.05) is 18.3 Å². The Hall–Kier alpha value is -0.930. The summed E-state index contributed by atoms with van der Waals surface area (Å²) in [6, 6.07) is -1.03. The smallest absolute Gasteiger partial charge is 0.267 e. The Labute approximate surface area is 53.0 Å². The fraction of sp³-hybridized carbons (Fsp3) is 0.800. The molecule has 0 heterocycles. The highest BCUT2D eigenvalue weighted by Crippen LogP contribution is 1.93. The summed E-state index contributed by atoms with van der Waals surface area (Å²) in [5, 5.41) is 9.88. The minimum absolute atomic E-state index is 0.238. The van der Waals surface area contributed by atoms with Crippen LogP contribution in [0, 0.1) is 10.1 Å². The number of nitro groups is 1. The Morgan fingerprint density at radius 2 is 2.22 bits per heavy atom. The first-order valence-electron chi connectivity index (χ1n) is 2.75. The van der Waals surface area contributed by atoms with E-state index >= 15 is 0 Å². The number of carbonyl (C=O) groups is 1. The fourth-order valence-electron chi connectivity index (χ4n) is 0.413. The number of rotatable bonds is 3. The summed E-state index contributed by atoms with van der Waals surface area (Å²) >= 11 is 0. The van der Waals surface area contributed by atoms with Crippen molar-refractivity contribution in [2.75, 3.05) is 0 Å². The molecule has 0 bridgehead atoms. The first kappa shape index (κ1) is 8.07. The fourth-order valence-corrected chi connectivity index (χ4v) is 0.413. The van der Waals surface area contributed by atoms with Gasteiger partial charge in [0.05, 0.1) is 0 Å². The van der Waals surface area contributed by atoms with Crippen LogP contribution >= 0.6 is 0 Å². The van der Waals surface area contributed by atoms with Crippen LogP contribution in [-0.4, -0.2) is 16.7 Å². The summed E-state index contributed by atoms with van der Waals surface area (Å²) in [5.74, 6) is -0.319. The number of ketones is 1. The van der Waals surface area contributed by atoms with E-state index in [1.165, 1.54) is 6.92 Å². The van der Waals surface area contributed by atoms with Crippen molar-refractivity contribution >= 4 is 5.78 Å². The van der Waals surface area contributed by atoms with E-state index in [0.29, 0.717) is 0 Å². The summed E-state index contributed by atoms with van der Waals surface area (Å²) in [6.07, 6.45) is 0.238. The van der Waals surface area contributed by atoms with Crippen molar-refractivity contribution in [2.45, 2.75) is 26.3 Å². The maximum absolute atomic E-state index is 10.5. The molecule has 0 amide bonds. The van der Waals surface area contributed by atoms with Crippen LogP contribution in [0.1, 0.15) is 20.3 Å². The molecule has 0 aromatic rings. The van der Waals surface area contributed by atoms with Gasteiger partial charge in [-0.15, -0.1) is 0 Å². The third-order valence-corrected chi connectivity index (χ3v) is 1.13. The van der Waals surface area contributed by atoms with E-state index in [-0.39, 0.29) is 12.2 Å². The van der Waals surface area contributed by atoms with Crippen LogP contribution < -0.4 is 0 Å². The molecule has 0 spiro atoms. The van der Waals surface area contributed by atoms with E-state index in [4.69, 9.17) is 0 Å². The van der Waals surface area contributed by atoms with Gasteiger partial charge in [-0.3, -0.25) is 14.9 Å². The minimum Gasteiger partial charge on any atom is -0.292 e. The summed E-state index contributed by atoms with van der Waals surface area (Å²) < 4.78 is 0. The van der Waals surface area contributed by atoms with Crippen LogP contribution in [0.4, 0.5) is 0 Å². The third-order valence-electron chi connectivity index (χ3n) is 1.13. The second-order valence-electron chi connectivity index (χ2n) is 1.78. The Morgan fingerprint density at radius 3 is 2.33 bits per heavy atom. The summed E-state index contributed by atoms with van der Waals surface area (Å²) in [7, 11) is 0. The number of nitrogens with zero attached hydrogens (tertiary/aromatic N) is 1. The number of hydrogen-bond acceptors (Lipinski definition) is 3. The van der Waals surface area contributed by atoms with E-state index in [1.54, 1.807) is 6.92 Å². The Bertz CT molecular complexity index is 132. The topological polar surface area (TPSA) is 60.2 Å². The summed E-state index contributed by atoms with van der Waals surface area (Å²) in [5.41, 5.74) is 0. The molecule has 0 fully saturated rings. The zero-order valence-corrected chi connectivity index (χ0v) is 5.46. The lowest BCUT2D eigenvalue weighted by atomic mass is 10.2. The molecule has 0 saturated carbocycles. The van der Waals surface area contributed by atoms with Gasteiger partial charge in [0.15, 0.2) is 0 Å². The molecular weight excluding hydrogens is 122 g/mol. The van der Waals surface area contributed by atoms with Crippen molar-refractivity contribution in [1.29, 1.82) is 0 Å². The molecular formula is C5H9NO3. The molecule has 0 aliphatic rings. The highest BCUT2D eigenvalue weighted by atomic mass is 16.6. The maximum Gasteiger partial charge on any atom is 0.267 e. The van der Waals surface area contributed by atoms with Crippen molar-refractivity contribution in [3.63, 3.8) is 0 Å².